The van der Waals surface area contributed by atoms with Crippen LogP contribution in [0.1, 0.15) is 30.0 Å². The molecule has 0 amide bonds. The van der Waals surface area contributed by atoms with Gasteiger partial charge in [0.05, 0.1) is 6.61 Å². The lowest BCUT2D eigenvalue weighted by atomic mass is 9.97. The van der Waals surface area contributed by atoms with Crippen molar-refractivity contribution in [3.05, 3.63) is 34.9 Å². The van der Waals surface area contributed by atoms with Gasteiger partial charge < -0.3 is 15.9 Å². The molecule has 0 aliphatic rings. The summed E-state index contributed by atoms with van der Waals surface area (Å²) in [4.78, 5) is 10.4. The van der Waals surface area contributed by atoms with Gasteiger partial charge in [0.2, 0.25) is 0 Å². The second-order valence-corrected chi connectivity index (χ2v) is 3.66. The van der Waals surface area contributed by atoms with Gasteiger partial charge >= 0.3 is 5.97 Å². The van der Waals surface area contributed by atoms with Gasteiger partial charge in [0.25, 0.3) is 0 Å². The highest BCUT2D eigenvalue weighted by molar-refractivity contribution is 5.66. The highest BCUT2D eigenvalue weighted by Crippen LogP contribution is 2.23. The third-order valence-corrected chi connectivity index (χ3v) is 2.42. The SMILES string of the molecule is NC(CCC(=O)O)c1cc(F)c(F)cc1CO. The molecule has 0 radical (unpaired) electrons. The molecule has 0 saturated heterocycles. The maximum atomic E-state index is 13.0. The number of benzene rings is 1. The lowest BCUT2D eigenvalue weighted by Crippen LogP contribution is -2.15. The second kappa shape index (κ2) is 5.70. The van der Waals surface area contributed by atoms with Gasteiger partial charge in [-0.25, -0.2) is 8.78 Å². The molecule has 4 N–H and O–H groups in total. The van der Waals surface area contributed by atoms with Gasteiger partial charge in [-0.2, -0.15) is 0 Å². The van der Waals surface area contributed by atoms with Gasteiger partial charge in [0, 0.05) is 12.5 Å². The van der Waals surface area contributed by atoms with E-state index in [2.05, 4.69) is 0 Å². The lowest BCUT2D eigenvalue weighted by molar-refractivity contribution is -0.137. The van der Waals surface area contributed by atoms with Crippen molar-refractivity contribution in [2.24, 2.45) is 5.73 Å². The fraction of sp³-hybridized carbons (Fsp3) is 0.364. The Balaban J connectivity index is 2.95. The summed E-state index contributed by atoms with van der Waals surface area (Å²) in [7, 11) is 0. The number of aliphatic carboxylic acids is 1. The molecular formula is C11H13F2NO3. The molecule has 0 aliphatic heterocycles. The fourth-order valence-corrected chi connectivity index (χ4v) is 1.52. The molecule has 0 fully saturated rings. The number of carbonyl (C=O) groups is 1. The van der Waals surface area contributed by atoms with E-state index in [1.54, 1.807) is 0 Å². The molecule has 17 heavy (non-hydrogen) atoms. The Morgan fingerprint density at radius 2 is 1.94 bits per heavy atom. The minimum absolute atomic E-state index is 0.0907. The number of hydrogen-bond acceptors (Lipinski definition) is 3. The van der Waals surface area contributed by atoms with Crippen molar-refractivity contribution in [3.8, 4) is 0 Å². The van der Waals surface area contributed by atoms with Crippen LogP contribution in [-0.4, -0.2) is 16.2 Å². The van der Waals surface area contributed by atoms with E-state index >= 15 is 0 Å². The first-order chi connectivity index (χ1) is 7.95. The van der Waals surface area contributed by atoms with E-state index in [-0.39, 0.29) is 24.0 Å². The largest absolute Gasteiger partial charge is 0.481 e. The second-order valence-electron chi connectivity index (χ2n) is 3.66. The number of nitrogens with two attached hydrogens (primary N) is 1. The van der Waals surface area contributed by atoms with Crippen LogP contribution < -0.4 is 5.73 Å². The first kappa shape index (κ1) is 13.5. The molecule has 94 valence electrons. The number of aliphatic hydroxyl groups is 1. The quantitative estimate of drug-likeness (QED) is 0.730. The molecule has 1 aromatic rings. The van der Waals surface area contributed by atoms with E-state index in [1.807, 2.05) is 0 Å². The molecule has 1 unspecified atom stereocenters. The molecule has 1 rings (SSSR count). The highest BCUT2D eigenvalue weighted by Gasteiger charge is 2.16. The summed E-state index contributed by atoms with van der Waals surface area (Å²) < 4.78 is 25.9. The Labute approximate surface area is 96.7 Å². The zero-order valence-corrected chi connectivity index (χ0v) is 8.99. The molecule has 1 atom stereocenters. The van der Waals surface area contributed by atoms with E-state index < -0.39 is 30.3 Å². The average Bonchev–Trinajstić information content (AvgIpc) is 2.28. The maximum absolute atomic E-state index is 13.0. The Hall–Kier alpha value is -1.53. The normalized spacial score (nSPS) is 12.5. The molecule has 1 aromatic carbocycles. The standard InChI is InChI=1S/C11H13F2NO3/c12-8-3-6(5-15)7(4-9(8)13)10(14)1-2-11(16)17/h3-4,10,15H,1-2,5,14H2,(H,16,17). The Morgan fingerprint density at radius 3 is 2.47 bits per heavy atom. The maximum Gasteiger partial charge on any atom is 0.303 e. The molecule has 0 aliphatic carbocycles. The molecule has 0 aromatic heterocycles. The number of rotatable bonds is 5. The van der Waals surface area contributed by atoms with Gasteiger partial charge in [-0.15, -0.1) is 0 Å². The van der Waals surface area contributed by atoms with Crippen molar-refractivity contribution in [3.63, 3.8) is 0 Å². The smallest absolute Gasteiger partial charge is 0.303 e. The van der Waals surface area contributed by atoms with Crippen LogP contribution in [0.5, 0.6) is 0 Å². The third-order valence-electron chi connectivity index (χ3n) is 2.42. The van der Waals surface area contributed by atoms with E-state index in [9.17, 15) is 13.6 Å². The highest BCUT2D eigenvalue weighted by atomic mass is 19.2. The van der Waals surface area contributed by atoms with Crippen molar-refractivity contribution >= 4 is 5.97 Å². The predicted molar refractivity (Wildman–Crippen MR) is 56.1 cm³/mol. The summed E-state index contributed by atoms with van der Waals surface area (Å²) in [6.45, 7) is -0.479. The van der Waals surface area contributed by atoms with Crippen molar-refractivity contribution in [2.45, 2.75) is 25.5 Å². The average molecular weight is 245 g/mol. The first-order valence-corrected chi connectivity index (χ1v) is 5.01. The van der Waals surface area contributed by atoms with Crippen LogP contribution in [0.2, 0.25) is 0 Å². The molecule has 0 saturated carbocycles. The van der Waals surface area contributed by atoms with Crippen molar-refractivity contribution in [2.75, 3.05) is 0 Å². The Kier molecular flexibility index (Phi) is 4.53. The molecule has 0 spiro atoms. The van der Waals surface area contributed by atoms with E-state index in [1.165, 1.54) is 0 Å². The molecule has 0 bridgehead atoms. The predicted octanol–water partition coefficient (Wildman–Crippen LogP) is 1.32. The van der Waals surface area contributed by atoms with Gasteiger partial charge in [-0.3, -0.25) is 4.79 Å². The van der Waals surface area contributed by atoms with Gasteiger partial charge in [0.15, 0.2) is 11.6 Å². The number of hydrogen-bond donors (Lipinski definition) is 3. The Bertz CT molecular complexity index is 423. The van der Waals surface area contributed by atoms with Crippen LogP contribution in [0.25, 0.3) is 0 Å². The van der Waals surface area contributed by atoms with Crippen LogP contribution >= 0.6 is 0 Å². The van der Waals surface area contributed by atoms with Crippen LogP contribution in [0.3, 0.4) is 0 Å². The summed E-state index contributed by atoms with van der Waals surface area (Å²) in [6, 6.07) is 1.02. The van der Waals surface area contributed by atoms with Gasteiger partial charge in [-0.1, -0.05) is 0 Å². The minimum Gasteiger partial charge on any atom is -0.481 e. The monoisotopic (exact) mass is 245 g/mol. The van der Waals surface area contributed by atoms with Crippen molar-refractivity contribution < 1.29 is 23.8 Å². The van der Waals surface area contributed by atoms with Crippen molar-refractivity contribution in [1.82, 2.24) is 0 Å². The topological polar surface area (TPSA) is 83.6 Å². The van der Waals surface area contributed by atoms with Gasteiger partial charge in [-0.05, 0) is 29.7 Å². The van der Waals surface area contributed by atoms with Crippen LogP contribution in [-0.2, 0) is 11.4 Å². The first-order valence-electron chi connectivity index (χ1n) is 5.01. The summed E-state index contributed by atoms with van der Waals surface area (Å²) in [5.74, 6) is -3.15. The number of halogens is 2. The van der Waals surface area contributed by atoms with Crippen molar-refractivity contribution in [1.29, 1.82) is 0 Å². The van der Waals surface area contributed by atoms with Crippen LogP contribution in [0.15, 0.2) is 12.1 Å². The molecule has 4 nitrogen and oxygen atoms in total. The zero-order valence-electron chi connectivity index (χ0n) is 8.99. The van der Waals surface area contributed by atoms with E-state index in [0.29, 0.717) is 0 Å². The molecule has 6 heteroatoms. The number of aliphatic hydroxyl groups excluding tert-OH is 1. The lowest BCUT2D eigenvalue weighted by Gasteiger charge is -2.15. The summed E-state index contributed by atoms with van der Waals surface area (Å²) in [5, 5.41) is 17.5. The van der Waals surface area contributed by atoms with E-state index in [4.69, 9.17) is 15.9 Å². The summed E-state index contributed by atoms with van der Waals surface area (Å²) >= 11 is 0. The summed E-state index contributed by atoms with van der Waals surface area (Å²) in [6.07, 6.45) is -0.0849. The minimum atomic E-state index is -1.07. The molecule has 0 heterocycles. The van der Waals surface area contributed by atoms with Crippen LogP contribution in [0, 0.1) is 11.6 Å². The Morgan fingerprint density at radius 1 is 1.35 bits per heavy atom. The number of carboxylic acid groups (broad SMARTS) is 1. The van der Waals surface area contributed by atoms with Crippen LogP contribution in [0.4, 0.5) is 8.78 Å². The zero-order chi connectivity index (χ0) is 13.0. The third kappa shape index (κ3) is 3.47. The van der Waals surface area contributed by atoms with E-state index in [0.717, 1.165) is 12.1 Å². The molecular weight excluding hydrogens is 232 g/mol. The number of carboxylic acids is 1. The fourth-order valence-electron chi connectivity index (χ4n) is 1.52. The van der Waals surface area contributed by atoms with Gasteiger partial charge in [0.1, 0.15) is 0 Å². The summed E-state index contributed by atoms with van der Waals surface area (Å²) in [5.41, 5.74) is 6.07.